The molecule has 3 rings (SSSR count). The lowest BCUT2D eigenvalue weighted by Gasteiger charge is -2.34. The number of carbonyl (C=O) groups excluding carboxylic acids is 2. The van der Waals surface area contributed by atoms with E-state index in [0.717, 1.165) is 34.1 Å². The van der Waals surface area contributed by atoms with Gasteiger partial charge in [0.1, 0.15) is 18.4 Å². The van der Waals surface area contributed by atoms with Gasteiger partial charge in [-0.05, 0) is 75.2 Å². The molecule has 3 aromatic carbocycles. The maximum Gasteiger partial charge on any atom is 0.264 e. The van der Waals surface area contributed by atoms with Gasteiger partial charge in [0.15, 0.2) is 0 Å². The van der Waals surface area contributed by atoms with Crippen molar-refractivity contribution in [2.75, 3.05) is 10.8 Å². The van der Waals surface area contributed by atoms with Crippen molar-refractivity contribution in [2.45, 2.75) is 64.1 Å². The van der Waals surface area contributed by atoms with Crippen LogP contribution in [0.5, 0.6) is 0 Å². The van der Waals surface area contributed by atoms with Gasteiger partial charge >= 0.3 is 0 Å². The van der Waals surface area contributed by atoms with Gasteiger partial charge in [-0.15, -0.1) is 0 Å². The third-order valence-electron chi connectivity index (χ3n) is 6.78. The van der Waals surface area contributed by atoms with Gasteiger partial charge in [-0.1, -0.05) is 60.8 Å². The molecule has 2 amide bonds. The lowest BCUT2D eigenvalue weighted by Crippen LogP contribution is -2.53. The van der Waals surface area contributed by atoms with Crippen LogP contribution in [0.2, 0.25) is 10.0 Å². The summed E-state index contributed by atoms with van der Waals surface area (Å²) < 4.78 is 42.2. The molecule has 220 valence electrons. The summed E-state index contributed by atoms with van der Waals surface area (Å²) in [7, 11) is -4.31. The van der Waals surface area contributed by atoms with E-state index in [9.17, 15) is 22.4 Å². The van der Waals surface area contributed by atoms with Gasteiger partial charge in [-0.3, -0.25) is 13.9 Å². The van der Waals surface area contributed by atoms with E-state index >= 15 is 0 Å². The second-order valence-corrected chi connectivity index (χ2v) is 12.4. The second kappa shape index (κ2) is 14.2. The lowest BCUT2D eigenvalue weighted by molar-refractivity contribution is -0.140. The Labute approximate surface area is 251 Å². The van der Waals surface area contributed by atoms with Crippen molar-refractivity contribution < 1.29 is 22.4 Å². The minimum absolute atomic E-state index is 0.123. The van der Waals surface area contributed by atoms with Gasteiger partial charge in [0.05, 0.1) is 10.6 Å². The Morgan fingerprint density at radius 1 is 0.927 bits per heavy atom. The molecule has 7 nitrogen and oxygen atoms in total. The highest BCUT2D eigenvalue weighted by Gasteiger charge is 2.34. The molecule has 0 saturated heterocycles. The highest BCUT2D eigenvalue weighted by atomic mass is 35.5. The fourth-order valence-corrected chi connectivity index (χ4v) is 6.12. The molecule has 0 saturated carbocycles. The molecule has 0 radical (unpaired) electrons. The normalized spacial score (nSPS) is 12.9. The van der Waals surface area contributed by atoms with Gasteiger partial charge < -0.3 is 10.2 Å². The maximum atomic E-state index is 14.1. The van der Waals surface area contributed by atoms with Gasteiger partial charge in [-0.2, -0.15) is 0 Å². The number of halogens is 3. The number of nitrogens with one attached hydrogen (secondary N) is 1. The van der Waals surface area contributed by atoms with E-state index in [4.69, 9.17) is 23.2 Å². The summed E-state index contributed by atoms with van der Waals surface area (Å²) in [5, 5.41) is 3.53. The van der Waals surface area contributed by atoms with Crippen LogP contribution in [0.3, 0.4) is 0 Å². The zero-order valence-corrected chi connectivity index (χ0v) is 25.7. The first-order valence-electron chi connectivity index (χ1n) is 13.3. The molecule has 3 aromatic rings. The molecule has 2 atom stereocenters. The van der Waals surface area contributed by atoms with E-state index in [0.29, 0.717) is 22.0 Å². The van der Waals surface area contributed by atoms with Crippen molar-refractivity contribution in [1.82, 2.24) is 10.2 Å². The first-order valence-corrected chi connectivity index (χ1v) is 15.5. The molecule has 0 aliphatic heterocycles. The fraction of sp³-hybridized carbons (Fsp3) is 0.333. The number of aryl methyl sites for hydroxylation is 1. The smallest absolute Gasteiger partial charge is 0.264 e. The van der Waals surface area contributed by atoms with Crippen LogP contribution >= 0.6 is 23.2 Å². The number of nitrogens with zero attached hydrogens (tertiary/aromatic N) is 2. The third-order valence-corrected chi connectivity index (χ3v) is 9.28. The minimum Gasteiger partial charge on any atom is -0.352 e. The highest BCUT2D eigenvalue weighted by Crippen LogP contribution is 2.29. The summed E-state index contributed by atoms with van der Waals surface area (Å²) in [6, 6.07) is 14.9. The first-order chi connectivity index (χ1) is 19.4. The molecule has 0 bridgehead atoms. The zero-order valence-electron chi connectivity index (χ0n) is 23.4. The van der Waals surface area contributed by atoms with Crippen molar-refractivity contribution >= 4 is 50.7 Å². The molecule has 0 heterocycles. The number of amides is 2. The number of anilines is 1. The molecular weight excluding hydrogens is 588 g/mol. The van der Waals surface area contributed by atoms with Crippen LogP contribution < -0.4 is 9.62 Å². The molecule has 41 heavy (non-hydrogen) atoms. The first kappa shape index (κ1) is 32.4. The zero-order chi connectivity index (χ0) is 30.3. The van der Waals surface area contributed by atoms with E-state index < -0.39 is 34.3 Å². The molecule has 0 aromatic heterocycles. The Bertz CT molecular complexity index is 1450. The van der Waals surface area contributed by atoms with E-state index in [1.807, 2.05) is 20.8 Å². The molecule has 11 heteroatoms. The highest BCUT2D eigenvalue weighted by molar-refractivity contribution is 7.92. The van der Waals surface area contributed by atoms with Crippen molar-refractivity contribution in [3.63, 3.8) is 0 Å². The second-order valence-electron chi connectivity index (χ2n) is 9.76. The van der Waals surface area contributed by atoms with Crippen LogP contribution in [0, 0.1) is 12.7 Å². The number of hydrogen-bond donors (Lipinski definition) is 1. The summed E-state index contributed by atoms with van der Waals surface area (Å²) in [5.41, 5.74) is 1.56. The van der Waals surface area contributed by atoms with E-state index in [1.54, 1.807) is 49.4 Å². The number of hydrogen-bond acceptors (Lipinski definition) is 4. The average Bonchev–Trinajstić information content (AvgIpc) is 2.93. The predicted molar refractivity (Wildman–Crippen MR) is 161 cm³/mol. The van der Waals surface area contributed by atoms with Crippen molar-refractivity contribution in [3.8, 4) is 0 Å². The Morgan fingerprint density at radius 3 is 2.05 bits per heavy atom. The van der Waals surface area contributed by atoms with E-state index in [2.05, 4.69) is 5.32 Å². The number of rotatable bonds is 12. The van der Waals surface area contributed by atoms with Gasteiger partial charge in [0.2, 0.25) is 11.8 Å². The van der Waals surface area contributed by atoms with Crippen LogP contribution in [0.25, 0.3) is 0 Å². The quantitative estimate of drug-likeness (QED) is 0.255. The summed E-state index contributed by atoms with van der Waals surface area (Å²) >= 11 is 12.9. The Morgan fingerprint density at radius 2 is 1.51 bits per heavy atom. The van der Waals surface area contributed by atoms with Crippen LogP contribution in [-0.4, -0.2) is 43.8 Å². The topological polar surface area (TPSA) is 86.8 Å². The Kier molecular flexibility index (Phi) is 11.2. The standard InChI is InChI=1S/C30H34Cl2FN3O4S/c1-5-21(4)34-30(38)28(6-2)35(18-25-26(31)8-7-9-27(25)32)29(37)19-36(23-14-10-20(3)11-15-23)41(39,40)24-16-12-22(33)13-17-24/h7-17,21,28H,5-6,18-19H2,1-4H3,(H,34,38)/t21-,28+/m0/s1. The molecule has 0 aliphatic rings. The maximum absolute atomic E-state index is 14.1. The van der Waals surface area contributed by atoms with Crippen LogP contribution in [-0.2, 0) is 26.2 Å². The SMILES string of the molecule is CC[C@H](C(=O)N[C@@H](C)CC)N(Cc1c(Cl)cccc1Cl)C(=O)CN(c1ccc(C)cc1)S(=O)(=O)c1ccc(F)cc1. The summed E-state index contributed by atoms with van der Waals surface area (Å²) in [5.74, 6) is -1.61. The molecule has 1 N–H and O–H groups in total. The third kappa shape index (κ3) is 7.99. The molecule has 0 spiro atoms. The number of sulfonamides is 1. The summed E-state index contributed by atoms with van der Waals surface area (Å²) in [6.45, 7) is 6.65. The molecule has 0 aliphatic carbocycles. The van der Waals surface area contributed by atoms with Gasteiger partial charge in [0, 0.05) is 28.2 Å². The lowest BCUT2D eigenvalue weighted by atomic mass is 10.1. The van der Waals surface area contributed by atoms with Crippen molar-refractivity contribution in [1.29, 1.82) is 0 Å². The Hall–Kier alpha value is -3.14. The van der Waals surface area contributed by atoms with E-state index in [-0.39, 0.29) is 35.5 Å². The summed E-state index contributed by atoms with van der Waals surface area (Å²) in [6.07, 6.45) is 0.939. The largest absolute Gasteiger partial charge is 0.352 e. The monoisotopic (exact) mass is 621 g/mol. The minimum atomic E-state index is -4.31. The fourth-order valence-electron chi connectivity index (χ4n) is 4.19. The molecule has 0 unspecified atom stereocenters. The van der Waals surface area contributed by atoms with E-state index in [1.165, 1.54) is 4.90 Å². The van der Waals surface area contributed by atoms with Crippen LogP contribution in [0.4, 0.5) is 10.1 Å². The van der Waals surface area contributed by atoms with Crippen molar-refractivity contribution in [3.05, 3.63) is 93.7 Å². The van der Waals surface area contributed by atoms with Gasteiger partial charge in [0.25, 0.3) is 10.0 Å². The number of carbonyl (C=O) groups is 2. The van der Waals surface area contributed by atoms with Crippen LogP contribution in [0.15, 0.2) is 71.6 Å². The Balaban J connectivity index is 2.09. The summed E-state index contributed by atoms with van der Waals surface area (Å²) in [4.78, 5) is 28.6. The average molecular weight is 623 g/mol. The van der Waals surface area contributed by atoms with Gasteiger partial charge in [-0.25, -0.2) is 12.8 Å². The molecular formula is C30H34Cl2FN3O4S. The number of benzene rings is 3. The van der Waals surface area contributed by atoms with Crippen molar-refractivity contribution in [2.24, 2.45) is 0 Å². The molecule has 0 fully saturated rings. The predicted octanol–water partition coefficient (Wildman–Crippen LogP) is 6.36. The van der Waals surface area contributed by atoms with Crippen LogP contribution in [0.1, 0.15) is 44.7 Å².